The molecule has 0 saturated heterocycles. The second-order valence-electron chi connectivity index (χ2n) is 4.13. The molecule has 3 nitrogen and oxygen atoms in total. The Morgan fingerprint density at radius 2 is 2.19 bits per heavy atom. The zero-order chi connectivity index (χ0) is 11.0. The predicted molar refractivity (Wildman–Crippen MR) is 73.9 cm³/mol. The van der Waals surface area contributed by atoms with Crippen LogP contribution in [0.5, 0.6) is 0 Å². The fraction of sp³-hybridized carbons (Fsp3) is 0.333. The van der Waals surface area contributed by atoms with Crippen LogP contribution < -0.4 is 5.32 Å². The van der Waals surface area contributed by atoms with Crippen LogP contribution in [-0.2, 0) is 4.43 Å². The van der Waals surface area contributed by atoms with Crippen LogP contribution in [0.15, 0.2) is 24.5 Å². The number of nitrogens with zero attached hydrogens (tertiary/aromatic N) is 2. The van der Waals surface area contributed by atoms with E-state index < -0.39 is 0 Å². The van der Waals surface area contributed by atoms with E-state index in [-0.39, 0.29) is 0 Å². The van der Waals surface area contributed by atoms with Gasteiger partial charge in [-0.05, 0) is 30.5 Å². The molecule has 1 heterocycles. The number of alkyl halides is 1. The summed E-state index contributed by atoms with van der Waals surface area (Å²) in [5, 5.41) is 4.60. The molecule has 0 atom stereocenters. The quantitative estimate of drug-likeness (QED) is 0.696. The highest BCUT2D eigenvalue weighted by molar-refractivity contribution is 14.1. The van der Waals surface area contributed by atoms with Gasteiger partial charge in [0, 0.05) is 15.9 Å². The predicted octanol–water partition coefficient (Wildman–Crippen LogP) is 3.14. The van der Waals surface area contributed by atoms with E-state index in [2.05, 4.69) is 56.1 Å². The average molecular weight is 325 g/mol. The van der Waals surface area contributed by atoms with Crippen molar-refractivity contribution in [3.8, 4) is 0 Å². The number of nitrogens with one attached hydrogen (secondary N) is 1. The van der Waals surface area contributed by atoms with Crippen LogP contribution in [0.2, 0.25) is 0 Å². The average Bonchev–Trinajstić information content (AvgIpc) is 3.13. The number of halogens is 1. The minimum atomic E-state index is 0.626. The molecule has 82 valence electrons. The summed E-state index contributed by atoms with van der Waals surface area (Å²) in [6.45, 7) is 0. The second-order valence-corrected chi connectivity index (χ2v) is 4.89. The first-order valence-corrected chi connectivity index (χ1v) is 6.95. The Morgan fingerprint density at radius 3 is 2.94 bits per heavy atom. The molecular weight excluding hydrogens is 313 g/mol. The van der Waals surface area contributed by atoms with Gasteiger partial charge < -0.3 is 5.32 Å². The molecule has 0 aliphatic heterocycles. The van der Waals surface area contributed by atoms with Gasteiger partial charge in [-0.25, -0.2) is 9.97 Å². The number of benzene rings is 1. The van der Waals surface area contributed by atoms with Crippen LogP contribution in [0, 0.1) is 0 Å². The molecule has 3 rings (SSSR count). The zero-order valence-electron chi connectivity index (χ0n) is 8.78. The van der Waals surface area contributed by atoms with Gasteiger partial charge in [0.2, 0.25) is 0 Å². The van der Waals surface area contributed by atoms with E-state index >= 15 is 0 Å². The third kappa shape index (κ3) is 1.98. The van der Waals surface area contributed by atoms with Gasteiger partial charge in [0.1, 0.15) is 12.1 Å². The van der Waals surface area contributed by atoms with Crippen molar-refractivity contribution >= 4 is 39.3 Å². The van der Waals surface area contributed by atoms with E-state index in [0.717, 1.165) is 21.1 Å². The third-order valence-electron chi connectivity index (χ3n) is 2.77. The summed E-state index contributed by atoms with van der Waals surface area (Å²) in [4.78, 5) is 8.63. The number of rotatable bonds is 3. The molecule has 16 heavy (non-hydrogen) atoms. The standard InChI is InChI=1S/C12H12IN3/c13-6-8-1-4-11-10(5-8)12(15-7-14-11)16-9-2-3-9/h1,4-5,7,9H,2-3,6H2,(H,14,15,16). The molecule has 0 unspecified atom stereocenters. The third-order valence-corrected chi connectivity index (χ3v) is 3.65. The van der Waals surface area contributed by atoms with Gasteiger partial charge in [-0.15, -0.1) is 0 Å². The maximum absolute atomic E-state index is 4.34. The Balaban J connectivity index is 2.10. The lowest BCUT2D eigenvalue weighted by molar-refractivity contribution is 1.10. The van der Waals surface area contributed by atoms with E-state index in [1.165, 1.54) is 18.4 Å². The highest BCUT2D eigenvalue weighted by atomic mass is 127. The Kier molecular flexibility index (Phi) is 2.67. The molecule has 0 bridgehead atoms. The molecule has 0 amide bonds. The first kappa shape index (κ1) is 10.3. The van der Waals surface area contributed by atoms with Crippen molar-refractivity contribution in [2.24, 2.45) is 0 Å². The first-order chi connectivity index (χ1) is 7.86. The fourth-order valence-electron chi connectivity index (χ4n) is 1.72. The summed E-state index contributed by atoms with van der Waals surface area (Å²) < 4.78 is 1.02. The highest BCUT2D eigenvalue weighted by Gasteiger charge is 2.22. The maximum atomic E-state index is 4.34. The minimum Gasteiger partial charge on any atom is -0.367 e. The van der Waals surface area contributed by atoms with E-state index in [1.807, 2.05) is 0 Å². The van der Waals surface area contributed by atoms with Gasteiger partial charge in [0.15, 0.2) is 0 Å². The Bertz CT molecular complexity index is 523. The van der Waals surface area contributed by atoms with Crippen LogP contribution in [0.25, 0.3) is 10.9 Å². The van der Waals surface area contributed by atoms with Gasteiger partial charge in [0.05, 0.1) is 5.52 Å². The van der Waals surface area contributed by atoms with Gasteiger partial charge in [-0.3, -0.25) is 0 Å². The van der Waals surface area contributed by atoms with E-state index in [0.29, 0.717) is 6.04 Å². The topological polar surface area (TPSA) is 37.8 Å². The molecule has 1 aromatic heterocycles. The van der Waals surface area contributed by atoms with E-state index in [9.17, 15) is 0 Å². The molecule has 2 aromatic rings. The normalized spacial score (nSPS) is 15.3. The van der Waals surface area contributed by atoms with Crippen molar-refractivity contribution in [1.29, 1.82) is 0 Å². The van der Waals surface area contributed by atoms with Gasteiger partial charge in [0.25, 0.3) is 0 Å². The highest BCUT2D eigenvalue weighted by Crippen LogP contribution is 2.28. The van der Waals surface area contributed by atoms with Gasteiger partial charge >= 0.3 is 0 Å². The van der Waals surface area contributed by atoms with Crippen LogP contribution >= 0.6 is 22.6 Å². The molecule has 1 aliphatic rings. The summed E-state index contributed by atoms with van der Waals surface area (Å²) in [5.74, 6) is 0.985. The van der Waals surface area contributed by atoms with Gasteiger partial charge in [-0.2, -0.15) is 0 Å². The molecule has 4 heteroatoms. The van der Waals surface area contributed by atoms with Crippen molar-refractivity contribution in [1.82, 2.24) is 9.97 Å². The van der Waals surface area contributed by atoms with Crippen LogP contribution in [-0.4, -0.2) is 16.0 Å². The summed E-state index contributed by atoms with van der Waals surface area (Å²) in [7, 11) is 0. The van der Waals surface area contributed by atoms with Crippen molar-refractivity contribution in [2.75, 3.05) is 5.32 Å². The largest absolute Gasteiger partial charge is 0.367 e. The van der Waals surface area contributed by atoms with Crippen molar-refractivity contribution < 1.29 is 0 Å². The number of aromatic nitrogens is 2. The summed E-state index contributed by atoms with van der Waals surface area (Å²) in [5.41, 5.74) is 2.34. The van der Waals surface area contributed by atoms with Gasteiger partial charge in [-0.1, -0.05) is 28.7 Å². The molecular formula is C12H12IN3. The SMILES string of the molecule is ICc1ccc2ncnc(NC3CC3)c2c1. The zero-order valence-corrected chi connectivity index (χ0v) is 10.9. The summed E-state index contributed by atoms with van der Waals surface area (Å²) in [6.07, 6.45) is 4.16. The molecule has 1 aromatic carbocycles. The van der Waals surface area contributed by atoms with Crippen molar-refractivity contribution in [2.45, 2.75) is 23.3 Å². The Labute approximate surface area is 108 Å². The number of fused-ring (bicyclic) bond motifs is 1. The Morgan fingerprint density at radius 1 is 1.31 bits per heavy atom. The lowest BCUT2D eigenvalue weighted by Crippen LogP contribution is -2.04. The number of anilines is 1. The van der Waals surface area contributed by atoms with Crippen molar-refractivity contribution in [3.63, 3.8) is 0 Å². The van der Waals surface area contributed by atoms with Crippen LogP contribution in [0.4, 0.5) is 5.82 Å². The first-order valence-electron chi connectivity index (χ1n) is 5.43. The summed E-state index contributed by atoms with van der Waals surface area (Å²) in [6, 6.07) is 7.01. The Hall–Kier alpha value is -0.910. The lowest BCUT2D eigenvalue weighted by Gasteiger charge is -2.07. The molecule has 1 fully saturated rings. The number of hydrogen-bond acceptors (Lipinski definition) is 3. The molecule has 1 N–H and O–H groups in total. The number of hydrogen-bond donors (Lipinski definition) is 1. The second kappa shape index (κ2) is 4.16. The van der Waals surface area contributed by atoms with Crippen LogP contribution in [0.3, 0.4) is 0 Å². The van der Waals surface area contributed by atoms with E-state index in [4.69, 9.17) is 0 Å². The molecule has 0 spiro atoms. The minimum absolute atomic E-state index is 0.626. The molecule has 0 radical (unpaired) electrons. The maximum Gasteiger partial charge on any atom is 0.137 e. The fourth-order valence-corrected chi connectivity index (χ4v) is 2.20. The van der Waals surface area contributed by atoms with E-state index in [1.54, 1.807) is 6.33 Å². The molecule has 1 saturated carbocycles. The lowest BCUT2D eigenvalue weighted by atomic mass is 10.1. The monoisotopic (exact) mass is 325 g/mol. The molecule has 1 aliphatic carbocycles. The smallest absolute Gasteiger partial charge is 0.137 e. The van der Waals surface area contributed by atoms with Crippen LogP contribution in [0.1, 0.15) is 18.4 Å². The summed E-state index contributed by atoms with van der Waals surface area (Å²) >= 11 is 2.37. The van der Waals surface area contributed by atoms with Crippen molar-refractivity contribution in [3.05, 3.63) is 30.1 Å².